The maximum atomic E-state index is 12.3. The number of amides is 2. The van der Waals surface area contributed by atoms with Crippen LogP contribution in [-0.4, -0.2) is 33.3 Å². The lowest BCUT2D eigenvalue weighted by molar-refractivity contribution is -0.116. The molecule has 0 aliphatic rings. The molecule has 0 saturated carbocycles. The SMILES string of the molecule is CCc1ccc(-c2csc(NC(=O)CCSCCC(=O)Nc3nc(-c4ccc(CC)cc4)cs3)n2)cc1. The van der Waals surface area contributed by atoms with Gasteiger partial charge in [-0.2, -0.15) is 11.8 Å². The number of hydrogen-bond acceptors (Lipinski definition) is 7. The molecule has 6 nitrogen and oxygen atoms in total. The average Bonchev–Trinajstić information content (AvgIpc) is 3.58. The topological polar surface area (TPSA) is 84.0 Å². The van der Waals surface area contributed by atoms with Crippen LogP contribution in [-0.2, 0) is 22.4 Å². The van der Waals surface area contributed by atoms with E-state index >= 15 is 0 Å². The number of aryl methyl sites for hydroxylation is 2. The molecule has 9 heteroatoms. The fourth-order valence-electron chi connectivity index (χ4n) is 3.55. The number of anilines is 2. The second-order valence-electron chi connectivity index (χ2n) is 8.39. The molecule has 0 bridgehead atoms. The average molecular weight is 551 g/mol. The Morgan fingerprint density at radius 3 is 1.49 bits per heavy atom. The highest BCUT2D eigenvalue weighted by atomic mass is 32.2. The standard InChI is InChI=1S/C28H30N4O2S3/c1-3-19-5-9-21(10-6-19)23-17-36-27(29-23)31-25(33)13-15-35-16-14-26(34)32-28-30-24(18-37-28)22-11-7-20(4-2)8-12-22/h5-12,17-18H,3-4,13-16H2,1-2H3,(H,29,31,33)(H,30,32,34). The number of benzene rings is 2. The van der Waals surface area contributed by atoms with Gasteiger partial charge in [0.25, 0.3) is 0 Å². The van der Waals surface area contributed by atoms with Crippen LogP contribution < -0.4 is 10.6 Å². The van der Waals surface area contributed by atoms with Crippen LogP contribution >= 0.6 is 34.4 Å². The number of nitrogens with one attached hydrogen (secondary N) is 2. The Labute approximate surface area is 230 Å². The number of thiazole rings is 2. The van der Waals surface area contributed by atoms with E-state index in [2.05, 4.69) is 83.0 Å². The molecule has 4 aromatic rings. The molecule has 0 spiro atoms. The van der Waals surface area contributed by atoms with Crippen molar-refractivity contribution < 1.29 is 9.59 Å². The summed E-state index contributed by atoms with van der Waals surface area (Å²) in [5, 5.41) is 10.9. The molecule has 2 N–H and O–H groups in total. The van der Waals surface area contributed by atoms with E-state index in [9.17, 15) is 9.59 Å². The summed E-state index contributed by atoms with van der Waals surface area (Å²) in [5.74, 6) is 1.15. The third kappa shape index (κ3) is 7.99. The quantitative estimate of drug-likeness (QED) is 0.183. The highest BCUT2D eigenvalue weighted by Gasteiger charge is 2.10. The Bertz CT molecular complexity index is 1210. The van der Waals surface area contributed by atoms with Gasteiger partial charge in [0.05, 0.1) is 11.4 Å². The molecule has 2 aromatic heterocycles. The molecule has 0 aliphatic heterocycles. The third-order valence-electron chi connectivity index (χ3n) is 5.76. The van der Waals surface area contributed by atoms with Crippen LogP contribution in [0.3, 0.4) is 0 Å². The zero-order chi connectivity index (χ0) is 26.0. The van der Waals surface area contributed by atoms with Crippen molar-refractivity contribution in [1.29, 1.82) is 0 Å². The number of nitrogens with zero attached hydrogens (tertiary/aromatic N) is 2. The fourth-order valence-corrected chi connectivity index (χ4v) is 5.88. The molecular formula is C28H30N4O2S3. The van der Waals surface area contributed by atoms with Crippen LogP contribution in [0.5, 0.6) is 0 Å². The van der Waals surface area contributed by atoms with Crippen LogP contribution in [0.25, 0.3) is 22.5 Å². The molecule has 0 atom stereocenters. The van der Waals surface area contributed by atoms with Crippen LogP contribution in [0.4, 0.5) is 10.3 Å². The number of thioether (sulfide) groups is 1. The fraction of sp³-hybridized carbons (Fsp3) is 0.286. The van der Waals surface area contributed by atoms with Gasteiger partial charge in [-0.3, -0.25) is 9.59 Å². The predicted molar refractivity (Wildman–Crippen MR) is 158 cm³/mol. The highest BCUT2D eigenvalue weighted by Crippen LogP contribution is 2.26. The first-order chi connectivity index (χ1) is 18.0. The maximum Gasteiger partial charge on any atom is 0.226 e. The molecule has 0 saturated heterocycles. The van der Waals surface area contributed by atoms with Gasteiger partial charge in [0.1, 0.15) is 0 Å². The minimum atomic E-state index is -0.0681. The lowest BCUT2D eigenvalue weighted by atomic mass is 10.1. The van der Waals surface area contributed by atoms with Crippen molar-refractivity contribution in [1.82, 2.24) is 9.97 Å². The number of hydrogen-bond donors (Lipinski definition) is 2. The molecule has 0 aliphatic carbocycles. The first-order valence-corrected chi connectivity index (χ1v) is 15.2. The van der Waals surface area contributed by atoms with E-state index in [4.69, 9.17) is 0 Å². The van der Waals surface area contributed by atoms with E-state index in [-0.39, 0.29) is 11.8 Å². The molecule has 2 amide bonds. The summed E-state index contributed by atoms with van der Waals surface area (Å²) >= 11 is 4.44. The van der Waals surface area contributed by atoms with Crippen LogP contribution in [0, 0.1) is 0 Å². The molecule has 2 heterocycles. The maximum absolute atomic E-state index is 12.3. The Kier molecular flexibility index (Phi) is 9.87. The van der Waals surface area contributed by atoms with Gasteiger partial charge in [-0.15, -0.1) is 22.7 Å². The first-order valence-electron chi connectivity index (χ1n) is 12.3. The zero-order valence-electron chi connectivity index (χ0n) is 21.0. The summed E-state index contributed by atoms with van der Waals surface area (Å²) in [7, 11) is 0. The summed E-state index contributed by atoms with van der Waals surface area (Å²) in [6, 6.07) is 16.6. The second kappa shape index (κ2) is 13.5. The molecule has 2 aromatic carbocycles. The van der Waals surface area contributed by atoms with Gasteiger partial charge in [-0.05, 0) is 24.0 Å². The van der Waals surface area contributed by atoms with Gasteiger partial charge in [-0.1, -0.05) is 62.4 Å². The Balaban J connectivity index is 1.13. The molecule has 192 valence electrons. The Morgan fingerprint density at radius 1 is 0.703 bits per heavy atom. The predicted octanol–water partition coefficient (Wildman–Crippen LogP) is 7.15. The van der Waals surface area contributed by atoms with Crippen molar-refractivity contribution in [2.24, 2.45) is 0 Å². The minimum absolute atomic E-state index is 0.0681. The van der Waals surface area contributed by atoms with E-state index in [1.54, 1.807) is 11.8 Å². The third-order valence-corrected chi connectivity index (χ3v) is 8.26. The normalized spacial score (nSPS) is 10.9. The van der Waals surface area contributed by atoms with E-state index in [1.807, 2.05) is 10.8 Å². The molecular weight excluding hydrogens is 521 g/mol. The minimum Gasteiger partial charge on any atom is -0.302 e. The smallest absolute Gasteiger partial charge is 0.226 e. The van der Waals surface area contributed by atoms with Gasteiger partial charge < -0.3 is 10.6 Å². The summed E-state index contributed by atoms with van der Waals surface area (Å²) in [6.07, 6.45) is 2.75. The van der Waals surface area contributed by atoms with E-state index < -0.39 is 0 Å². The van der Waals surface area contributed by atoms with Crippen LogP contribution in [0.1, 0.15) is 37.8 Å². The number of rotatable bonds is 12. The van der Waals surface area contributed by atoms with Gasteiger partial charge >= 0.3 is 0 Å². The van der Waals surface area contributed by atoms with Crippen molar-refractivity contribution in [3.05, 3.63) is 70.4 Å². The zero-order valence-corrected chi connectivity index (χ0v) is 23.4. The molecule has 0 unspecified atom stereocenters. The van der Waals surface area contributed by atoms with Crippen molar-refractivity contribution in [3.8, 4) is 22.5 Å². The number of carbonyl (C=O) groups is 2. The van der Waals surface area contributed by atoms with Gasteiger partial charge in [-0.25, -0.2) is 9.97 Å². The summed E-state index contributed by atoms with van der Waals surface area (Å²) in [6.45, 7) is 4.26. The number of carbonyl (C=O) groups excluding carboxylic acids is 2. The van der Waals surface area contributed by atoms with Crippen molar-refractivity contribution in [2.45, 2.75) is 39.5 Å². The molecule has 0 radical (unpaired) electrons. The molecule has 37 heavy (non-hydrogen) atoms. The molecule has 4 rings (SSSR count). The monoisotopic (exact) mass is 550 g/mol. The molecule has 0 fully saturated rings. The van der Waals surface area contributed by atoms with Gasteiger partial charge in [0.15, 0.2) is 10.3 Å². The lowest BCUT2D eigenvalue weighted by Crippen LogP contribution is -2.13. The largest absolute Gasteiger partial charge is 0.302 e. The second-order valence-corrected chi connectivity index (χ2v) is 11.3. The number of aromatic nitrogens is 2. The van der Waals surface area contributed by atoms with Crippen molar-refractivity contribution >= 4 is 56.5 Å². The van der Waals surface area contributed by atoms with E-state index in [0.29, 0.717) is 34.6 Å². The van der Waals surface area contributed by atoms with Gasteiger partial charge in [0, 0.05) is 46.2 Å². The van der Waals surface area contributed by atoms with Gasteiger partial charge in [0.2, 0.25) is 11.8 Å². The van der Waals surface area contributed by atoms with Crippen LogP contribution in [0.15, 0.2) is 59.3 Å². The summed E-state index contributed by atoms with van der Waals surface area (Å²) < 4.78 is 0. The van der Waals surface area contributed by atoms with E-state index in [1.165, 1.54) is 33.8 Å². The first kappa shape index (κ1) is 27.0. The van der Waals surface area contributed by atoms with Crippen LogP contribution in [0.2, 0.25) is 0 Å². The Morgan fingerprint density at radius 2 is 1.11 bits per heavy atom. The highest BCUT2D eigenvalue weighted by molar-refractivity contribution is 7.99. The Hall–Kier alpha value is -3.01. The van der Waals surface area contributed by atoms with Crippen molar-refractivity contribution in [3.63, 3.8) is 0 Å². The summed E-state index contributed by atoms with van der Waals surface area (Å²) in [5.41, 5.74) is 6.39. The summed E-state index contributed by atoms with van der Waals surface area (Å²) in [4.78, 5) is 33.7. The lowest BCUT2D eigenvalue weighted by Gasteiger charge is -2.03. The van der Waals surface area contributed by atoms with Crippen molar-refractivity contribution in [2.75, 3.05) is 22.1 Å². The van der Waals surface area contributed by atoms with E-state index in [0.717, 1.165) is 35.4 Å².